The Hall–Kier alpha value is -3.20. The van der Waals surface area contributed by atoms with Crippen LogP contribution in [0.25, 0.3) is 0 Å². The van der Waals surface area contributed by atoms with Crippen LogP contribution in [0, 0.1) is 12.3 Å². The second-order valence-corrected chi connectivity index (χ2v) is 5.39. The first kappa shape index (κ1) is 18.1. The highest BCUT2D eigenvalue weighted by molar-refractivity contribution is 5.99. The molecule has 3 N–H and O–H groups in total. The van der Waals surface area contributed by atoms with Crippen molar-refractivity contribution in [2.75, 3.05) is 13.6 Å². The van der Waals surface area contributed by atoms with Gasteiger partial charge in [-0.05, 0) is 31.5 Å². The monoisotopic (exact) mass is 339 g/mol. The molecule has 1 atom stereocenters. The number of rotatable bonds is 6. The van der Waals surface area contributed by atoms with E-state index in [4.69, 9.17) is 11.2 Å². The number of aromatic nitrogens is 1. The summed E-state index contributed by atoms with van der Waals surface area (Å²) < 4.78 is 5.91. The Balaban J connectivity index is 2.28. The first-order valence-corrected chi connectivity index (χ1v) is 7.96. The average Bonchev–Trinajstić information content (AvgIpc) is 3.05. The molecule has 1 aromatic carbocycles. The van der Waals surface area contributed by atoms with Gasteiger partial charge >= 0.3 is 0 Å². The van der Waals surface area contributed by atoms with E-state index in [0.29, 0.717) is 12.3 Å². The lowest BCUT2D eigenvalue weighted by Crippen LogP contribution is -2.23. The Morgan fingerprint density at radius 2 is 1.96 bits per heavy atom. The van der Waals surface area contributed by atoms with Crippen molar-refractivity contribution in [2.24, 2.45) is 0 Å². The van der Waals surface area contributed by atoms with Crippen molar-refractivity contribution in [3.05, 3.63) is 52.8 Å². The van der Waals surface area contributed by atoms with Gasteiger partial charge in [0.15, 0.2) is 5.75 Å². The molecular weight excluding hydrogens is 318 g/mol. The van der Waals surface area contributed by atoms with Crippen LogP contribution in [0.15, 0.2) is 30.3 Å². The molecule has 0 aliphatic heterocycles. The van der Waals surface area contributed by atoms with Crippen LogP contribution in [0.5, 0.6) is 5.75 Å². The van der Waals surface area contributed by atoms with E-state index in [1.165, 1.54) is 13.1 Å². The van der Waals surface area contributed by atoms with Gasteiger partial charge in [-0.3, -0.25) is 9.59 Å². The summed E-state index contributed by atoms with van der Waals surface area (Å²) in [7, 11) is 1.51. The number of benzene rings is 1. The molecule has 0 spiro atoms. The molecule has 1 aromatic heterocycles. The van der Waals surface area contributed by atoms with Gasteiger partial charge in [0.05, 0.1) is 0 Å². The van der Waals surface area contributed by atoms with Crippen molar-refractivity contribution in [3.63, 3.8) is 0 Å². The maximum absolute atomic E-state index is 12.1. The van der Waals surface area contributed by atoms with Crippen LogP contribution < -0.4 is 15.4 Å². The molecule has 0 aliphatic carbocycles. The number of amides is 2. The lowest BCUT2D eigenvalue weighted by Gasteiger charge is -2.15. The van der Waals surface area contributed by atoms with Crippen LogP contribution in [0.3, 0.4) is 0 Å². The Bertz CT molecular complexity index is 800. The van der Waals surface area contributed by atoms with Gasteiger partial charge in [0.25, 0.3) is 11.8 Å². The van der Waals surface area contributed by atoms with Gasteiger partial charge in [-0.15, -0.1) is 6.42 Å². The predicted octanol–water partition coefficient (Wildman–Crippen LogP) is 2.25. The Morgan fingerprint density at radius 3 is 2.52 bits per heavy atom. The van der Waals surface area contributed by atoms with E-state index >= 15 is 0 Å². The standard InChI is InChI=1S/C19H21N3O3/c1-5-13-7-9-14(10-8-13)12(3)25-16-11-15(18(23)21-6-2)22-17(16)19(24)20-4/h1,7-12,22H,6H2,2-4H3,(H,20,24)(H,21,23)/t12-/m1/s1. The summed E-state index contributed by atoms with van der Waals surface area (Å²) in [6.45, 7) is 4.17. The average molecular weight is 339 g/mol. The van der Waals surface area contributed by atoms with E-state index in [2.05, 4.69) is 21.5 Å². The first-order chi connectivity index (χ1) is 12.0. The molecule has 0 saturated heterocycles. The van der Waals surface area contributed by atoms with Crippen LogP contribution in [0.1, 0.15) is 52.1 Å². The van der Waals surface area contributed by atoms with Crippen molar-refractivity contribution in [1.29, 1.82) is 0 Å². The van der Waals surface area contributed by atoms with Crippen molar-refractivity contribution in [1.82, 2.24) is 15.6 Å². The van der Waals surface area contributed by atoms with Gasteiger partial charge in [0.1, 0.15) is 17.5 Å². The summed E-state index contributed by atoms with van der Waals surface area (Å²) in [5.41, 5.74) is 2.16. The Labute approximate surface area is 147 Å². The number of hydrogen-bond donors (Lipinski definition) is 3. The highest BCUT2D eigenvalue weighted by Gasteiger charge is 2.21. The second kappa shape index (κ2) is 8.06. The molecule has 0 fully saturated rings. The van der Waals surface area contributed by atoms with Crippen molar-refractivity contribution in [3.8, 4) is 18.1 Å². The number of ether oxygens (including phenoxy) is 1. The summed E-state index contributed by atoms with van der Waals surface area (Å²) in [4.78, 5) is 26.9. The molecule has 0 unspecified atom stereocenters. The SMILES string of the molecule is C#Cc1ccc([C@@H](C)Oc2cc(C(=O)NCC)[nH]c2C(=O)NC)cc1. The van der Waals surface area contributed by atoms with E-state index in [1.807, 2.05) is 38.1 Å². The number of H-pyrrole nitrogens is 1. The largest absolute Gasteiger partial charge is 0.484 e. The summed E-state index contributed by atoms with van der Waals surface area (Å²) in [6, 6.07) is 8.92. The molecule has 130 valence electrons. The Morgan fingerprint density at radius 1 is 1.28 bits per heavy atom. The lowest BCUT2D eigenvalue weighted by atomic mass is 10.1. The molecule has 6 nitrogen and oxygen atoms in total. The predicted molar refractivity (Wildman–Crippen MR) is 95.6 cm³/mol. The normalized spacial score (nSPS) is 11.3. The zero-order chi connectivity index (χ0) is 18.4. The third-order valence-corrected chi connectivity index (χ3v) is 3.67. The van der Waals surface area contributed by atoms with Gasteiger partial charge in [0.2, 0.25) is 0 Å². The molecule has 1 heterocycles. The maximum Gasteiger partial charge on any atom is 0.271 e. The fourth-order valence-electron chi connectivity index (χ4n) is 2.31. The molecule has 2 rings (SSSR count). The number of nitrogens with one attached hydrogen (secondary N) is 3. The van der Waals surface area contributed by atoms with Crippen LogP contribution in [-0.2, 0) is 0 Å². The zero-order valence-corrected chi connectivity index (χ0v) is 14.5. The minimum Gasteiger partial charge on any atom is -0.484 e. The van der Waals surface area contributed by atoms with Gasteiger partial charge in [-0.1, -0.05) is 18.1 Å². The van der Waals surface area contributed by atoms with E-state index in [0.717, 1.165) is 11.1 Å². The van der Waals surface area contributed by atoms with Crippen molar-refractivity contribution < 1.29 is 14.3 Å². The molecule has 25 heavy (non-hydrogen) atoms. The second-order valence-electron chi connectivity index (χ2n) is 5.39. The van der Waals surface area contributed by atoms with Crippen LogP contribution in [-0.4, -0.2) is 30.4 Å². The third-order valence-electron chi connectivity index (χ3n) is 3.67. The summed E-state index contributed by atoms with van der Waals surface area (Å²) in [5, 5.41) is 5.21. The lowest BCUT2D eigenvalue weighted by molar-refractivity contribution is 0.0951. The van der Waals surface area contributed by atoms with E-state index in [-0.39, 0.29) is 29.3 Å². The number of terminal acetylenes is 1. The molecule has 0 radical (unpaired) electrons. The highest BCUT2D eigenvalue weighted by atomic mass is 16.5. The quantitative estimate of drug-likeness (QED) is 0.706. The first-order valence-electron chi connectivity index (χ1n) is 7.96. The van der Waals surface area contributed by atoms with E-state index < -0.39 is 0 Å². The third kappa shape index (κ3) is 4.21. The fraction of sp³-hybridized carbons (Fsp3) is 0.263. The number of carbonyl (C=O) groups excluding carboxylic acids is 2. The van der Waals surface area contributed by atoms with Crippen LogP contribution in [0.4, 0.5) is 0 Å². The molecule has 6 heteroatoms. The van der Waals surface area contributed by atoms with Crippen LogP contribution >= 0.6 is 0 Å². The molecule has 2 aromatic rings. The number of carbonyl (C=O) groups is 2. The number of aromatic amines is 1. The highest BCUT2D eigenvalue weighted by Crippen LogP contribution is 2.27. The van der Waals surface area contributed by atoms with E-state index in [9.17, 15) is 9.59 Å². The smallest absolute Gasteiger partial charge is 0.271 e. The maximum atomic E-state index is 12.1. The van der Waals surface area contributed by atoms with Gasteiger partial charge in [-0.25, -0.2) is 0 Å². The molecule has 0 bridgehead atoms. The van der Waals surface area contributed by atoms with Gasteiger partial charge in [0, 0.05) is 25.2 Å². The van der Waals surface area contributed by atoms with Crippen molar-refractivity contribution >= 4 is 11.8 Å². The van der Waals surface area contributed by atoms with Gasteiger partial charge in [-0.2, -0.15) is 0 Å². The van der Waals surface area contributed by atoms with E-state index in [1.54, 1.807) is 0 Å². The summed E-state index contributed by atoms with van der Waals surface area (Å²) in [5.74, 6) is 2.21. The zero-order valence-electron chi connectivity index (χ0n) is 14.5. The minimum atomic E-state index is -0.361. The molecular formula is C19H21N3O3. The van der Waals surface area contributed by atoms with Gasteiger partial charge < -0.3 is 20.4 Å². The molecule has 0 aliphatic rings. The Kier molecular flexibility index (Phi) is 5.85. The van der Waals surface area contributed by atoms with Crippen molar-refractivity contribution in [2.45, 2.75) is 20.0 Å². The minimum absolute atomic E-state index is 0.204. The topological polar surface area (TPSA) is 83.2 Å². The fourth-order valence-corrected chi connectivity index (χ4v) is 2.31. The van der Waals surface area contributed by atoms with Crippen LogP contribution in [0.2, 0.25) is 0 Å². The molecule has 2 amide bonds. The molecule has 0 saturated carbocycles. The summed E-state index contributed by atoms with van der Waals surface area (Å²) >= 11 is 0. The number of hydrogen-bond acceptors (Lipinski definition) is 3. The summed E-state index contributed by atoms with van der Waals surface area (Å²) in [6.07, 6.45) is 5.03.